The van der Waals surface area contributed by atoms with Gasteiger partial charge in [0, 0.05) is 49.5 Å². The minimum atomic E-state index is -3.67. The molecule has 0 saturated carbocycles. The highest BCUT2D eigenvalue weighted by molar-refractivity contribution is 7.89. The Balaban J connectivity index is 1.28. The third-order valence-electron chi connectivity index (χ3n) is 6.91. The summed E-state index contributed by atoms with van der Waals surface area (Å²) in [5.41, 5.74) is 3.71. The van der Waals surface area contributed by atoms with Gasteiger partial charge in [-0.1, -0.05) is 30.3 Å². The predicted octanol–water partition coefficient (Wildman–Crippen LogP) is 3.22. The zero-order chi connectivity index (χ0) is 23.9. The van der Waals surface area contributed by atoms with Crippen LogP contribution in [0.1, 0.15) is 24.5 Å². The van der Waals surface area contributed by atoms with Crippen LogP contribution in [0.3, 0.4) is 0 Å². The Morgan fingerprint density at radius 3 is 2.62 bits per heavy atom. The number of carbonyl (C=O) groups excluding carboxylic acids is 1. The smallest absolute Gasteiger partial charge is 0.245 e. The van der Waals surface area contributed by atoms with Gasteiger partial charge in [0.1, 0.15) is 4.90 Å². The molecule has 1 aromatic heterocycles. The molecule has 178 valence electrons. The summed E-state index contributed by atoms with van der Waals surface area (Å²) in [5, 5.41) is 0.821. The molecular weight excluding hydrogens is 448 g/mol. The first kappa shape index (κ1) is 23.0. The molecule has 0 radical (unpaired) electrons. The van der Waals surface area contributed by atoms with Gasteiger partial charge in [0.2, 0.25) is 15.9 Å². The molecule has 0 aliphatic carbocycles. The summed E-state index contributed by atoms with van der Waals surface area (Å²) in [7, 11) is -3.67. The topological polar surface area (TPSA) is 73.8 Å². The minimum Gasteiger partial charge on any atom is -0.308 e. The number of aryl methyl sites for hydroxylation is 2. The molecule has 7 nitrogen and oxygen atoms in total. The molecule has 0 spiro atoms. The molecule has 0 N–H and O–H groups in total. The first-order valence-corrected chi connectivity index (χ1v) is 13.3. The lowest BCUT2D eigenvalue weighted by Crippen LogP contribution is -2.53. The van der Waals surface area contributed by atoms with E-state index in [1.165, 1.54) is 9.87 Å². The van der Waals surface area contributed by atoms with Crippen LogP contribution in [0.25, 0.3) is 10.9 Å². The van der Waals surface area contributed by atoms with Crippen LogP contribution in [0.4, 0.5) is 5.69 Å². The maximum atomic E-state index is 13.4. The van der Waals surface area contributed by atoms with Crippen molar-refractivity contribution in [3.05, 3.63) is 65.9 Å². The number of carbonyl (C=O) groups is 1. The first-order valence-electron chi connectivity index (χ1n) is 11.8. The lowest BCUT2D eigenvalue weighted by molar-refractivity contribution is -0.120. The van der Waals surface area contributed by atoms with Crippen molar-refractivity contribution in [1.82, 2.24) is 14.2 Å². The number of amides is 1. The monoisotopic (exact) mass is 478 g/mol. The van der Waals surface area contributed by atoms with Crippen molar-refractivity contribution in [2.24, 2.45) is 0 Å². The molecule has 1 unspecified atom stereocenters. The molecule has 2 aliphatic heterocycles. The summed E-state index contributed by atoms with van der Waals surface area (Å²) in [4.78, 5) is 21.9. The van der Waals surface area contributed by atoms with E-state index in [2.05, 4.69) is 22.9 Å². The molecule has 1 fully saturated rings. The molecule has 1 saturated heterocycles. The molecule has 1 amide bonds. The highest BCUT2D eigenvalue weighted by Gasteiger charge is 2.33. The molecule has 2 aliphatic rings. The van der Waals surface area contributed by atoms with Crippen LogP contribution in [0.2, 0.25) is 0 Å². The normalized spacial score (nSPS) is 19.8. The van der Waals surface area contributed by atoms with E-state index in [-0.39, 0.29) is 16.8 Å². The predicted molar refractivity (Wildman–Crippen MR) is 133 cm³/mol. The van der Waals surface area contributed by atoms with Crippen LogP contribution >= 0.6 is 0 Å². The number of anilines is 1. The Morgan fingerprint density at radius 1 is 1.06 bits per heavy atom. The van der Waals surface area contributed by atoms with Crippen molar-refractivity contribution < 1.29 is 13.2 Å². The van der Waals surface area contributed by atoms with E-state index < -0.39 is 10.0 Å². The zero-order valence-corrected chi connectivity index (χ0v) is 20.5. The fourth-order valence-electron chi connectivity index (χ4n) is 5.05. The Morgan fingerprint density at radius 2 is 1.82 bits per heavy atom. The lowest BCUT2D eigenvalue weighted by Gasteiger charge is -2.38. The largest absolute Gasteiger partial charge is 0.308 e. The van der Waals surface area contributed by atoms with Crippen molar-refractivity contribution >= 4 is 32.5 Å². The molecular formula is C26H30N4O3S. The average Bonchev–Trinajstić information content (AvgIpc) is 2.83. The van der Waals surface area contributed by atoms with Crippen molar-refractivity contribution in [1.29, 1.82) is 0 Å². The third-order valence-corrected chi connectivity index (χ3v) is 8.84. The van der Waals surface area contributed by atoms with Gasteiger partial charge >= 0.3 is 0 Å². The molecule has 5 rings (SSSR count). The fraction of sp³-hybridized carbons (Fsp3) is 0.385. The van der Waals surface area contributed by atoms with E-state index in [4.69, 9.17) is 0 Å². The first-order chi connectivity index (χ1) is 16.3. The number of rotatable bonds is 4. The number of pyridine rings is 1. The number of piperazine rings is 1. The van der Waals surface area contributed by atoms with Gasteiger partial charge in [-0.25, -0.2) is 8.42 Å². The van der Waals surface area contributed by atoms with Crippen molar-refractivity contribution in [3.63, 3.8) is 0 Å². The zero-order valence-electron chi connectivity index (χ0n) is 19.6. The van der Waals surface area contributed by atoms with Gasteiger partial charge in [0.15, 0.2) is 0 Å². The molecule has 3 heterocycles. The lowest BCUT2D eigenvalue weighted by atomic mass is 9.96. The molecule has 8 heteroatoms. The number of nitrogens with zero attached hydrogens (tertiary/aromatic N) is 4. The Labute approximate surface area is 201 Å². The van der Waals surface area contributed by atoms with E-state index in [1.54, 1.807) is 18.3 Å². The molecule has 0 bridgehead atoms. The van der Waals surface area contributed by atoms with Gasteiger partial charge in [-0.2, -0.15) is 4.31 Å². The van der Waals surface area contributed by atoms with E-state index in [9.17, 15) is 13.2 Å². The summed E-state index contributed by atoms with van der Waals surface area (Å²) in [6, 6.07) is 15.5. The van der Waals surface area contributed by atoms with E-state index in [1.807, 2.05) is 42.2 Å². The highest BCUT2D eigenvalue weighted by Crippen LogP contribution is 2.31. The van der Waals surface area contributed by atoms with Gasteiger partial charge in [-0.05, 0) is 56.0 Å². The summed E-state index contributed by atoms with van der Waals surface area (Å²) in [5.74, 6) is 0.0737. The van der Waals surface area contributed by atoms with Gasteiger partial charge in [-0.15, -0.1) is 0 Å². The van der Waals surface area contributed by atoms with Gasteiger partial charge in [0.25, 0.3) is 0 Å². The maximum absolute atomic E-state index is 13.4. The van der Waals surface area contributed by atoms with Gasteiger partial charge in [0.05, 0.1) is 12.1 Å². The van der Waals surface area contributed by atoms with Crippen molar-refractivity contribution in [2.75, 3.05) is 37.6 Å². The maximum Gasteiger partial charge on any atom is 0.245 e. The SMILES string of the molecule is Cc1cnc2c(S(=O)(=O)N3CCN(CC(=O)N4c5ccccc5CCC4C)CC3)cccc2c1. The van der Waals surface area contributed by atoms with Gasteiger partial charge < -0.3 is 4.90 Å². The number of fused-ring (bicyclic) bond motifs is 2. The van der Waals surface area contributed by atoms with Gasteiger partial charge in [-0.3, -0.25) is 14.7 Å². The second-order valence-corrected chi connectivity index (χ2v) is 11.2. The van der Waals surface area contributed by atoms with Crippen molar-refractivity contribution in [2.45, 2.75) is 37.6 Å². The van der Waals surface area contributed by atoms with E-state index in [0.29, 0.717) is 38.2 Å². The Kier molecular flexibility index (Phi) is 6.14. The number of para-hydroxylation sites is 2. The highest BCUT2D eigenvalue weighted by atomic mass is 32.2. The second kappa shape index (κ2) is 9.09. The molecule has 34 heavy (non-hydrogen) atoms. The minimum absolute atomic E-state index is 0.0737. The van der Waals surface area contributed by atoms with Crippen LogP contribution in [-0.2, 0) is 21.2 Å². The van der Waals surface area contributed by atoms with Crippen LogP contribution in [0, 0.1) is 6.92 Å². The van der Waals surface area contributed by atoms with Crippen molar-refractivity contribution in [3.8, 4) is 0 Å². The number of hydrogen-bond donors (Lipinski definition) is 0. The number of sulfonamides is 1. The van der Waals surface area contributed by atoms with Crippen LogP contribution < -0.4 is 4.90 Å². The van der Waals surface area contributed by atoms with E-state index in [0.717, 1.165) is 29.5 Å². The van der Waals surface area contributed by atoms with Crippen LogP contribution in [0.15, 0.2) is 59.6 Å². The van der Waals surface area contributed by atoms with Crippen LogP contribution in [0.5, 0.6) is 0 Å². The molecule has 1 atom stereocenters. The quantitative estimate of drug-likeness (QED) is 0.576. The van der Waals surface area contributed by atoms with E-state index >= 15 is 0 Å². The number of aromatic nitrogens is 1. The standard InChI is InChI=1S/C26H30N4O3S/c1-19-16-22-7-5-9-24(26(22)27-17-19)34(32,33)29-14-12-28(13-15-29)18-25(31)30-20(2)10-11-21-6-3-4-8-23(21)30/h3-9,16-17,20H,10-15,18H2,1-2H3. The average molecular weight is 479 g/mol. The number of benzene rings is 2. The summed E-state index contributed by atoms with van der Waals surface area (Å²) in [6.45, 7) is 6.07. The number of hydrogen-bond acceptors (Lipinski definition) is 5. The Hall–Kier alpha value is -2.81. The molecule has 3 aromatic rings. The molecule has 2 aromatic carbocycles. The Bertz CT molecular complexity index is 1330. The third kappa shape index (κ3) is 4.21. The summed E-state index contributed by atoms with van der Waals surface area (Å²) in [6.07, 6.45) is 3.64. The fourth-order valence-corrected chi connectivity index (χ4v) is 6.64. The summed E-state index contributed by atoms with van der Waals surface area (Å²) < 4.78 is 28.4. The van der Waals surface area contributed by atoms with Crippen LogP contribution in [-0.4, -0.2) is 67.3 Å². The summed E-state index contributed by atoms with van der Waals surface area (Å²) >= 11 is 0. The second-order valence-electron chi connectivity index (χ2n) is 9.30.